The summed E-state index contributed by atoms with van der Waals surface area (Å²) in [5.41, 5.74) is -0.768. The average Bonchev–Trinajstić information content (AvgIpc) is 3.00. The largest absolute Gasteiger partial charge is 0.434 e. The molecule has 1 aromatic carbocycles. The Morgan fingerprint density at radius 1 is 1.24 bits per heavy atom. The average molecular weight is 371 g/mol. The van der Waals surface area contributed by atoms with Gasteiger partial charge in [-0.15, -0.1) is 11.3 Å². The molecule has 0 aliphatic carbocycles. The first-order chi connectivity index (χ1) is 11.8. The number of carbonyl (C=O) groups excluding carboxylic acids is 2. The first-order valence-corrected chi connectivity index (χ1v) is 7.50. The van der Waals surface area contributed by atoms with Crippen LogP contribution in [-0.2, 0) is 15.8 Å². The van der Waals surface area contributed by atoms with Gasteiger partial charge >= 0.3 is 18.0 Å². The highest BCUT2D eigenvalue weighted by Crippen LogP contribution is 2.31. The maximum atomic E-state index is 12.9. The molecule has 0 aliphatic heterocycles. The van der Waals surface area contributed by atoms with Gasteiger partial charge in [0.05, 0.1) is 6.54 Å². The summed E-state index contributed by atoms with van der Waals surface area (Å²) >= 11 is 0.543. The predicted octanol–water partition coefficient (Wildman–Crippen LogP) is 2.41. The van der Waals surface area contributed by atoms with Crippen LogP contribution in [0.3, 0.4) is 0 Å². The van der Waals surface area contributed by atoms with Gasteiger partial charge in [-0.05, 0) is 18.2 Å². The molecule has 25 heavy (non-hydrogen) atoms. The first kappa shape index (κ1) is 18.4. The third-order valence-electron chi connectivity index (χ3n) is 2.62. The third kappa shape index (κ3) is 5.58. The number of hydrogen-bond donors (Lipinski definition) is 2. The molecule has 2 rings (SSSR count). The second kappa shape index (κ2) is 7.76. The molecule has 0 atom stereocenters. The van der Waals surface area contributed by atoms with Crippen LogP contribution in [0.4, 0.5) is 22.7 Å². The number of hydrogen-bond acceptors (Lipinski definition) is 4. The Balaban J connectivity index is 1.85. The summed E-state index contributed by atoms with van der Waals surface area (Å²) in [5, 5.41) is 4.49. The number of carbonyl (C=O) groups is 2. The Morgan fingerprint density at radius 3 is 2.64 bits per heavy atom. The normalized spacial score (nSPS) is 10.6. The van der Waals surface area contributed by atoms with Crippen LogP contribution < -0.4 is 10.6 Å². The number of benzene rings is 1. The lowest BCUT2D eigenvalue weighted by Gasteiger charge is -2.02. The second-order valence-electron chi connectivity index (χ2n) is 4.48. The van der Waals surface area contributed by atoms with E-state index < -0.39 is 29.5 Å². The minimum Gasteiger partial charge on any atom is -0.337 e. The fraction of sp³-hybridized carbons (Fsp3) is 0.133. The lowest BCUT2D eigenvalue weighted by Crippen LogP contribution is -2.35. The minimum absolute atomic E-state index is 0.200. The van der Waals surface area contributed by atoms with Gasteiger partial charge in [0, 0.05) is 10.9 Å². The molecule has 0 saturated heterocycles. The lowest BCUT2D eigenvalue weighted by molar-refractivity contribution is -0.140. The van der Waals surface area contributed by atoms with Gasteiger partial charge in [-0.1, -0.05) is 17.9 Å². The fourth-order valence-electron chi connectivity index (χ4n) is 1.53. The topological polar surface area (TPSA) is 71.1 Å². The molecule has 10 heteroatoms. The number of alkyl halides is 3. The van der Waals surface area contributed by atoms with Crippen LogP contribution in [0, 0.1) is 17.7 Å². The van der Waals surface area contributed by atoms with Crippen molar-refractivity contribution in [2.45, 2.75) is 6.18 Å². The summed E-state index contributed by atoms with van der Waals surface area (Å²) in [6.07, 6.45) is -4.63. The van der Waals surface area contributed by atoms with Crippen molar-refractivity contribution in [2.75, 3.05) is 11.9 Å². The molecule has 1 heterocycles. The smallest absolute Gasteiger partial charge is 0.337 e. The van der Waals surface area contributed by atoms with Gasteiger partial charge in [0.1, 0.15) is 5.82 Å². The van der Waals surface area contributed by atoms with Gasteiger partial charge in [0.15, 0.2) is 10.8 Å². The van der Waals surface area contributed by atoms with Crippen LogP contribution in [0.25, 0.3) is 0 Å². The van der Waals surface area contributed by atoms with Crippen LogP contribution in [0.1, 0.15) is 11.3 Å². The molecular formula is C15H9F4N3O2S. The van der Waals surface area contributed by atoms with Crippen molar-refractivity contribution in [3.8, 4) is 11.8 Å². The quantitative estimate of drug-likeness (QED) is 0.484. The zero-order chi connectivity index (χ0) is 18.4. The van der Waals surface area contributed by atoms with Crippen molar-refractivity contribution in [1.29, 1.82) is 0 Å². The van der Waals surface area contributed by atoms with Crippen LogP contribution in [0.15, 0.2) is 29.6 Å². The SMILES string of the molecule is O=C(NCC#Cc1cccc(F)c1)C(=O)Nc1nc(C(F)(F)F)cs1. The zero-order valence-corrected chi connectivity index (χ0v) is 13.1. The van der Waals surface area contributed by atoms with E-state index in [-0.39, 0.29) is 11.7 Å². The van der Waals surface area contributed by atoms with E-state index in [2.05, 4.69) is 22.1 Å². The molecule has 1 aromatic heterocycles. The Morgan fingerprint density at radius 2 is 2.00 bits per heavy atom. The lowest BCUT2D eigenvalue weighted by atomic mass is 10.2. The van der Waals surface area contributed by atoms with Crippen molar-refractivity contribution < 1.29 is 27.2 Å². The van der Waals surface area contributed by atoms with Crippen molar-refractivity contribution in [3.63, 3.8) is 0 Å². The van der Waals surface area contributed by atoms with Gasteiger partial charge in [0.25, 0.3) is 0 Å². The minimum atomic E-state index is -4.63. The van der Waals surface area contributed by atoms with Crippen LogP contribution >= 0.6 is 11.3 Å². The number of nitrogens with zero attached hydrogens (tertiary/aromatic N) is 1. The van der Waals surface area contributed by atoms with Crippen molar-refractivity contribution in [1.82, 2.24) is 10.3 Å². The van der Waals surface area contributed by atoms with E-state index in [0.717, 1.165) is 5.38 Å². The summed E-state index contributed by atoms with van der Waals surface area (Å²) in [6, 6.07) is 5.47. The maximum Gasteiger partial charge on any atom is 0.434 e. The monoisotopic (exact) mass is 371 g/mol. The number of thiazole rings is 1. The number of anilines is 1. The number of nitrogens with one attached hydrogen (secondary N) is 2. The Kier molecular flexibility index (Phi) is 5.71. The molecule has 130 valence electrons. The van der Waals surface area contributed by atoms with E-state index in [0.29, 0.717) is 16.9 Å². The van der Waals surface area contributed by atoms with Crippen molar-refractivity contribution in [2.24, 2.45) is 0 Å². The predicted molar refractivity (Wildman–Crippen MR) is 82.0 cm³/mol. The molecule has 0 bridgehead atoms. The van der Waals surface area contributed by atoms with Crippen molar-refractivity contribution in [3.05, 3.63) is 46.7 Å². The summed E-state index contributed by atoms with van der Waals surface area (Å²) in [4.78, 5) is 26.2. The van der Waals surface area contributed by atoms with E-state index in [1.807, 2.05) is 5.32 Å². The summed E-state index contributed by atoms with van der Waals surface area (Å²) in [5.74, 6) is 2.37. The van der Waals surface area contributed by atoms with E-state index in [1.54, 1.807) is 6.07 Å². The van der Waals surface area contributed by atoms with Gasteiger partial charge in [-0.3, -0.25) is 14.9 Å². The second-order valence-corrected chi connectivity index (χ2v) is 5.34. The summed E-state index contributed by atoms with van der Waals surface area (Å²) in [6.45, 7) is -0.200. The molecule has 0 spiro atoms. The number of rotatable bonds is 2. The van der Waals surface area contributed by atoms with E-state index >= 15 is 0 Å². The standard InChI is InChI=1S/C15H9F4N3O2S/c16-10-5-1-3-9(7-10)4-2-6-20-12(23)13(24)22-14-21-11(8-25-14)15(17,18)19/h1,3,5,7-8H,6H2,(H,20,23)(H,21,22,24). The highest BCUT2D eigenvalue weighted by atomic mass is 32.1. The molecule has 0 fully saturated rings. The highest BCUT2D eigenvalue weighted by molar-refractivity contribution is 7.14. The molecule has 2 amide bonds. The Bertz CT molecular complexity index is 852. The molecule has 2 N–H and O–H groups in total. The number of halogens is 4. The maximum absolute atomic E-state index is 12.9. The molecular weight excluding hydrogens is 362 g/mol. The molecule has 0 unspecified atom stereocenters. The van der Waals surface area contributed by atoms with Crippen LogP contribution in [0.2, 0.25) is 0 Å². The van der Waals surface area contributed by atoms with Crippen molar-refractivity contribution >= 4 is 28.3 Å². The van der Waals surface area contributed by atoms with E-state index in [4.69, 9.17) is 0 Å². The van der Waals surface area contributed by atoms with Gasteiger partial charge in [-0.25, -0.2) is 9.37 Å². The van der Waals surface area contributed by atoms with E-state index in [1.165, 1.54) is 18.2 Å². The molecule has 0 aliphatic rings. The Hall–Kier alpha value is -2.93. The molecule has 5 nitrogen and oxygen atoms in total. The zero-order valence-electron chi connectivity index (χ0n) is 12.3. The highest BCUT2D eigenvalue weighted by Gasteiger charge is 2.34. The molecule has 0 radical (unpaired) electrons. The fourth-order valence-corrected chi connectivity index (χ4v) is 2.24. The van der Waals surface area contributed by atoms with Crippen LogP contribution in [-0.4, -0.2) is 23.3 Å². The number of amides is 2. The summed E-state index contributed by atoms with van der Waals surface area (Å²) in [7, 11) is 0. The summed E-state index contributed by atoms with van der Waals surface area (Å²) < 4.78 is 50.1. The van der Waals surface area contributed by atoms with E-state index in [9.17, 15) is 27.2 Å². The molecule has 0 saturated carbocycles. The van der Waals surface area contributed by atoms with Gasteiger partial charge < -0.3 is 5.32 Å². The van der Waals surface area contributed by atoms with Gasteiger partial charge in [0.2, 0.25) is 0 Å². The molecule has 2 aromatic rings. The van der Waals surface area contributed by atoms with Crippen LogP contribution in [0.5, 0.6) is 0 Å². The first-order valence-electron chi connectivity index (χ1n) is 6.62. The third-order valence-corrected chi connectivity index (χ3v) is 3.37. The number of aromatic nitrogens is 1. The van der Waals surface area contributed by atoms with Gasteiger partial charge in [-0.2, -0.15) is 13.2 Å². The Labute approximate surface area is 143 Å².